The second-order valence-corrected chi connectivity index (χ2v) is 6.33. The van der Waals surface area contributed by atoms with Gasteiger partial charge in [0.2, 0.25) is 5.91 Å². The maximum atomic E-state index is 12.6. The van der Waals surface area contributed by atoms with Gasteiger partial charge in [0, 0.05) is 10.7 Å². The number of halogens is 1. The number of furan rings is 1. The highest BCUT2D eigenvalue weighted by molar-refractivity contribution is 6.30. The molecule has 0 spiro atoms. The maximum Gasteiger partial charge on any atom is 0.354 e. The van der Waals surface area contributed by atoms with Gasteiger partial charge < -0.3 is 9.73 Å². The molecule has 1 aliphatic heterocycles. The minimum absolute atomic E-state index is 0.136. The fourth-order valence-electron chi connectivity index (χ4n) is 2.79. The average molecular weight is 388 g/mol. The highest BCUT2D eigenvalue weighted by Crippen LogP contribution is 2.23. The SMILES string of the molecule is O=C(Cn1nc2n(c1=O)C(=O)N(c1ccc(Cl)cc1)C2)NCc1ccco1. The lowest BCUT2D eigenvalue weighted by molar-refractivity contribution is -0.122. The minimum Gasteiger partial charge on any atom is -0.467 e. The van der Waals surface area contributed by atoms with Gasteiger partial charge in [-0.3, -0.25) is 9.69 Å². The summed E-state index contributed by atoms with van der Waals surface area (Å²) in [6.07, 6.45) is 1.50. The fourth-order valence-corrected chi connectivity index (χ4v) is 2.92. The van der Waals surface area contributed by atoms with Crippen LogP contribution < -0.4 is 15.9 Å². The molecule has 0 saturated heterocycles. The van der Waals surface area contributed by atoms with Crippen LogP contribution >= 0.6 is 11.6 Å². The molecule has 1 aliphatic rings. The smallest absolute Gasteiger partial charge is 0.354 e. The van der Waals surface area contributed by atoms with Crippen molar-refractivity contribution in [2.75, 3.05) is 4.90 Å². The molecule has 0 aliphatic carbocycles. The van der Waals surface area contributed by atoms with Crippen molar-refractivity contribution in [1.82, 2.24) is 19.7 Å². The van der Waals surface area contributed by atoms with E-state index in [2.05, 4.69) is 10.4 Å². The Bertz CT molecular complexity index is 1050. The van der Waals surface area contributed by atoms with E-state index >= 15 is 0 Å². The third-order valence-electron chi connectivity index (χ3n) is 4.10. The van der Waals surface area contributed by atoms with Crippen molar-refractivity contribution >= 4 is 29.2 Å². The van der Waals surface area contributed by atoms with E-state index in [1.54, 1.807) is 36.4 Å². The summed E-state index contributed by atoms with van der Waals surface area (Å²) < 4.78 is 7.06. The quantitative estimate of drug-likeness (QED) is 0.716. The van der Waals surface area contributed by atoms with Crippen molar-refractivity contribution in [3.63, 3.8) is 0 Å². The number of hydrogen-bond donors (Lipinski definition) is 1. The number of fused-ring (bicyclic) bond motifs is 1. The summed E-state index contributed by atoms with van der Waals surface area (Å²) in [7, 11) is 0. The molecule has 2 aromatic heterocycles. The van der Waals surface area contributed by atoms with Gasteiger partial charge in [-0.15, -0.1) is 0 Å². The van der Waals surface area contributed by atoms with Gasteiger partial charge in [-0.05, 0) is 36.4 Å². The van der Waals surface area contributed by atoms with Gasteiger partial charge in [-0.2, -0.15) is 9.67 Å². The molecular weight excluding hydrogens is 374 g/mol. The number of rotatable bonds is 5. The predicted octanol–water partition coefficient (Wildman–Crippen LogP) is 1.60. The zero-order valence-corrected chi connectivity index (χ0v) is 14.7. The second-order valence-electron chi connectivity index (χ2n) is 5.89. The van der Waals surface area contributed by atoms with E-state index in [4.69, 9.17) is 16.0 Å². The fraction of sp³-hybridized carbons (Fsp3) is 0.176. The lowest BCUT2D eigenvalue weighted by Gasteiger charge is -2.14. The standard InChI is InChI=1S/C17H14ClN5O4/c18-11-3-5-12(6-4-11)21-9-14-20-22(17(26)23(14)16(21)25)10-15(24)19-8-13-2-1-7-27-13/h1-7H,8-10H2,(H,19,24). The number of aromatic nitrogens is 3. The minimum atomic E-state index is -0.653. The topological polar surface area (TPSA) is 102 Å². The Hall–Kier alpha value is -3.33. The Kier molecular flexibility index (Phi) is 4.28. The van der Waals surface area contributed by atoms with E-state index < -0.39 is 17.6 Å². The lowest BCUT2D eigenvalue weighted by atomic mass is 10.3. The average Bonchev–Trinajstić information content (AvgIpc) is 3.34. The number of anilines is 1. The molecule has 0 fully saturated rings. The molecule has 0 unspecified atom stereocenters. The van der Waals surface area contributed by atoms with Gasteiger partial charge in [-0.1, -0.05) is 11.6 Å². The van der Waals surface area contributed by atoms with Crippen LogP contribution in [0.1, 0.15) is 11.6 Å². The van der Waals surface area contributed by atoms with Crippen molar-refractivity contribution in [2.45, 2.75) is 19.6 Å². The van der Waals surface area contributed by atoms with Gasteiger partial charge in [0.1, 0.15) is 12.3 Å². The zero-order valence-electron chi connectivity index (χ0n) is 14.0. The molecule has 138 valence electrons. The number of carbonyl (C=O) groups excluding carboxylic acids is 2. The first kappa shape index (κ1) is 17.1. The van der Waals surface area contributed by atoms with Gasteiger partial charge in [0.25, 0.3) is 0 Å². The van der Waals surface area contributed by atoms with Crippen LogP contribution in [-0.4, -0.2) is 26.3 Å². The van der Waals surface area contributed by atoms with Crippen LogP contribution in [0.2, 0.25) is 5.02 Å². The molecule has 0 bridgehead atoms. The molecule has 4 rings (SSSR count). The summed E-state index contributed by atoms with van der Waals surface area (Å²) in [5, 5.41) is 7.29. The van der Waals surface area contributed by atoms with Crippen LogP contribution in [0.3, 0.4) is 0 Å². The Labute approximate surface area is 157 Å². The van der Waals surface area contributed by atoms with Crippen LogP contribution in [0.4, 0.5) is 10.5 Å². The van der Waals surface area contributed by atoms with Gasteiger partial charge >= 0.3 is 11.7 Å². The zero-order chi connectivity index (χ0) is 19.0. The Morgan fingerprint density at radius 3 is 2.67 bits per heavy atom. The van der Waals surface area contributed by atoms with Crippen LogP contribution in [0, 0.1) is 0 Å². The Morgan fingerprint density at radius 1 is 1.22 bits per heavy atom. The summed E-state index contributed by atoms with van der Waals surface area (Å²) >= 11 is 5.86. The summed E-state index contributed by atoms with van der Waals surface area (Å²) in [5.41, 5.74) is -0.0448. The Balaban J connectivity index is 1.47. The molecule has 0 atom stereocenters. The molecular formula is C17H14ClN5O4. The second kappa shape index (κ2) is 6.76. The summed E-state index contributed by atoms with van der Waals surface area (Å²) in [4.78, 5) is 38.5. The molecule has 3 aromatic rings. The van der Waals surface area contributed by atoms with Crippen molar-refractivity contribution in [3.05, 3.63) is 69.8 Å². The van der Waals surface area contributed by atoms with E-state index in [0.29, 0.717) is 16.5 Å². The summed E-state index contributed by atoms with van der Waals surface area (Å²) in [6.45, 7) is 0.0575. The van der Waals surface area contributed by atoms with Crippen molar-refractivity contribution in [2.24, 2.45) is 0 Å². The number of amides is 2. The molecule has 0 saturated carbocycles. The van der Waals surface area contributed by atoms with Gasteiger partial charge in [0.15, 0.2) is 5.82 Å². The predicted molar refractivity (Wildman–Crippen MR) is 95.5 cm³/mol. The van der Waals surface area contributed by atoms with Crippen LogP contribution in [0.25, 0.3) is 0 Å². The van der Waals surface area contributed by atoms with Crippen molar-refractivity contribution < 1.29 is 14.0 Å². The third-order valence-corrected chi connectivity index (χ3v) is 4.35. The van der Waals surface area contributed by atoms with Crippen LogP contribution in [0.15, 0.2) is 51.9 Å². The largest absolute Gasteiger partial charge is 0.467 e. The monoisotopic (exact) mass is 387 g/mol. The summed E-state index contributed by atoms with van der Waals surface area (Å²) in [6, 6.07) is 9.62. The van der Waals surface area contributed by atoms with Crippen LogP contribution in [0.5, 0.6) is 0 Å². The highest BCUT2D eigenvalue weighted by Gasteiger charge is 2.33. The molecule has 9 nitrogen and oxygen atoms in total. The Morgan fingerprint density at radius 2 is 2.00 bits per heavy atom. The molecule has 3 heterocycles. The lowest BCUT2D eigenvalue weighted by Crippen LogP contribution is -2.37. The van der Waals surface area contributed by atoms with E-state index in [-0.39, 0.29) is 25.5 Å². The third kappa shape index (κ3) is 3.24. The first-order valence-electron chi connectivity index (χ1n) is 8.08. The highest BCUT2D eigenvalue weighted by atomic mass is 35.5. The van der Waals surface area contributed by atoms with Crippen molar-refractivity contribution in [1.29, 1.82) is 0 Å². The molecule has 10 heteroatoms. The number of carbonyl (C=O) groups is 2. The molecule has 0 radical (unpaired) electrons. The van der Waals surface area contributed by atoms with Gasteiger partial charge in [-0.25, -0.2) is 14.3 Å². The normalized spacial score (nSPS) is 13.1. The van der Waals surface area contributed by atoms with E-state index in [0.717, 1.165) is 9.25 Å². The van der Waals surface area contributed by atoms with Gasteiger partial charge in [0.05, 0.1) is 19.4 Å². The number of hydrogen-bond acceptors (Lipinski definition) is 5. The molecule has 1 N–H and O–H groups in total. The number of benzene rings is 1. The van der Waals surface area contributed by atoms with E-state index in [1.165, 1.54) is 11.2 Å². The summed E-state index contributed by atoms with van der Waals surface area (Å²) in [5.74, 6) is 0.461. The number of nitrogens with zero attached hydrogens (tertiary/aromatic N) is 4. The van der Waals surface area contributed by atoms with E-state index in [1.807, 2.05) is 0 Å². The molecule has 27 heavy (non-hydrogen) atoms. The first-order chi connectivity index (χ1) is 13.0. The first-order valence-corrected chi connectivity index (χ1v) is 8.46. The maximum absolute atomic E-state index is 12.6. The van der Waals surface area contributed by atoms with Crippen LogP contribution in [-0.2, 0) is 24.4 Å². The molecule has 1 aromatic carbocycles. The molecule has 2 amide bonds. The van der Waals surface area contributed by atoms with E-state index in [9.17, 15) is 14.4 Å². The number of nitrogens with one attached hydrogen (secondary N) is 1. The van der Waals surface area contributed by atoms with Crippen molar-refractivity contribution in [3.8, 4) is 0 Å².